The summed E-state index contributed by atoms with van der Waals surface area (Å²) in [5.41, 5.74) is 7.19. The third-order valence-electron chi connectivity index (χ3n) is 3.72. The summed E-state index contributed by atoms with van der Waals surface area (Å²) in [5, 5.41) is 3.45. The average Bonchev–Trinajstić information content (AvgIpc) is 2.67. The summed E-state index contributed by atoms with van der Waals surface area (Å²) in [6.45, 7) is 0. The molecule has 3 aromatic rings. The monoisotopic (exact) mass is 365 g/mol. The lowest BCUT2D eigenvalue weighted by Gasteiger charge is -2.11. The largest absolute Gasteiger partial charge is 0.332 e. The van der Waals surface area contributed by atoms with Crippen molar-refractivity contribution in [3.63, 3.8) is 0 Å². The first-order chi connectivity index (χ1) is 12.3. The van der Waals surface area contributed by atoms with Gasteiger partial charge in [0.1, 0.15) is 0 Å². The summed E-state index contributed by atoms with van der Waals surface area (Å²) in [4.78, 5) is 1.17. The Morgan fingerprint density at radius 1 is 0.920 bits per heavy atom. The van der Waals surface area contributed by atoms with Crippen molar-refractivity contribution in [3.8, 4) is 11.1 Å². The summed E-state index contributed by atoms with van der Waals surface area (Å²) in [6, 6.07) is 27.2. The maximum absolute atomic E-state index is 5.31. The summed E-state index contributed by atoms with van der Waals surface area (Å²) in [6.07, 6.45) is 0. The van der Waals surface area contributed by atoms with E-state index in [1.54, 1.807) is 11.8 Å². The molecule has 0 aliphatic heterocycles. The molecule has 0 aliphatic rings. The Kier molecular flexibility index (Phi) is 6.06. The lowest BCUT2D eigenvalue weighted by Crippen LogP contribution is -2.34. The van der Waals surface area contributed by atoms with Crippen LogP contribution in [0.15, 0.2) is 83.8 Å². The molecule has 0 saturated carbocycles. The number of hydrogen-bond acceptors (Lipinski definition) is 3. The van der Waals surface area contributed by atoms with Crippen molar-refractivity contribution in [1.82, 2.24) is 5.43 Å². The molecule has 126 valence electrons. The summed E-state index contributed by atoms with van der Waals surface area (Å²) in [7, 11) is 0. The molecule has 0 amide bonds. The third-order valence-corrected chi connectivity index (χ3v) is 4.98. The molecule has 25 heavy (non-hydrogen) atoms. The molecular formula is C20H19N3S2. The van der Waals surface area contributed by atoms with Crippen LogP contribution in [0.5, 0.6) is 0 Å². The van der Waals surface area contributed by atoms with E-state index in [0.29, 0.717) is 5.11 Å². The van der Waals surface area contributed by atoms with Gasteiger partial charge in [0.25, 0.3) is 0 Å². The Morgan fingerprint density at radius 2 is 1.68 bits per heavy atom. The molecule has 3 aromatic carbocycles. The maximum Gasteiger partial charge on any atom is 0.185 e. The van der Waals surface area contributed by atoms with Gasteiger partial charge in [0.15, 0.2) is 5.11 Å². The molecule has 3 nitrogen and oxygen atoms in total. The number of thioether (sulfide) groups is 1. The van der Waals surface area contributed by atoms with E-state index >= 15 is 0 Å². The van der Waals surface area contributed by atoms with E-state index in [0.717, 1.165) is 11.4 Å². The standard InChI is InChI=1S/C20H19N3S2/c21-23-20(24)22-17-10-6-11-18(13-17)25-14-16-9-4-5-12-19(16)15-7-2-1-3-8-15/h1-13H,14,21H2,(H2,22,23,24). The van der Waals surface area contributed by atoms with Crippen molar-refractivity contribution in [1.29, 1.82) is 0 Å². The molecule has 0 aromatic heterocycles. The predicted molar refractivity (Wildman–Crippen MR) is 111 cm³/mol. The molecule has 0 fully saturated rings. The lowest BCUT2D eigenvalue weighted by atomic mass is 10.0. The SMILES string of the molecule is NNC(=S)Nc1cccc(SCc2ccccc2-c2ccccc2)c1. The third kappa shape index (κ3) is 4.82. The Morgan fingerprint density at radius 3 is 2.48 bits per heavy atom. The van der Waals surface area contributed by atoms with Crippen LogP contribution in [-0.2, 0) is 5.75 Å². The van der Waals surface area contributed by atoms with Gasteiger partial charge < -0.3 is 10.7 Å². The summed E-state index contributed by atoms with van der Waals surface area (Å²) in [5.74, 6) is 6.20. The minimum absolute atomic E-state index is 0.400. The maximum atomic E-state index is 5.31. The van der Waals surface area contributed by atoms with Crippen LogP contribution in [0.3, 0.4) is 0 Å². The van der Waals surface area contributed by atoms with E-state index in [2.05, 4.69) is 71.4 Å². The summed E-state index contributed by atoms with van der Waals surface area (Å²) < 4.78 is 0. The van der Waals surface area contributed by atoms with Crippen molar-refractivity contribution in [2.45, 2.75) is 10.6 Å². The quantitative estimate of drug-likeness (QED) is 0.262. The molecule has 0 spiro atoms. The lowest BCUT2D eigenvalue weighted by molar-refractivity contribution is 1.04. The van der Waals surface area contributed by atoms with Crippen molar-refractivity contribution >= 4 is 34.8 Å². The summed E-state index contributed by atoms with van der Waals surface area (Å²) >= 11 is 6.84. The average molecular weight is 366 g/mol. The van der Waals surface area contributed by atoms with Gasteiger partial charge in [-0.25, -0.2) is 5.84 Å². The number of thiocarbonyl (C=S) groups is 1. The number of anilines is 1. The van der Waals surface area contributed by atoms with E-state index < -0.39 is 0 Å². The number of nitrogens with two attached hydrogens (primary N) is 1. The fraction of sp³-hybridized carbons (Fsp3) is 0.0500. The van der Waals surface area contributed by atoms with Crippen LogP contribution in [0.4, 0.5) is 5.69 Å². The van der Waals surface area contributed by atoms with E-state index in [-0.39, 0.29) is 0 Å². The second-order valence-corrected chi connectivity index (χ2v) is 6.90. The number of rotatable bonds is 5. The van der Waals surface area contributed by atoms with Crippen LogP contribution >= 0.6 is 24.0 Å². The van der Waals surface area contributed by atoms with Crippen LogP contribution in [0, 0.1) is 0 Å². The second kappa shape index (κ2) is 8.67. The van der Waals surface area contributed by atoms with Crippen molar-refractivity contribution < 1.29 is 0 Å². The molecular weight excluding hydrogens is 346 g/mol. The van der Waals surface area contributed by atoms with Gasteiger partial charge in [0.2, 0.25) is 0 Å². The minimum atomic E-state index is 0.400. The molecule has 0 aliphatic carbocycles. The first-order valence-electron chi connectivity index (χ1n) is 7.90. The molecule has 4 N–H and O–H groups in total. The van der Waals surface area contributed by atoms with Gasteiger partial charge in [-0.1, -0.05) is 60.7 Å². The fourth-order valence-electron chi connectivity index (χ4n) is 2.54. The molecule has 0 saturated heterocycles. The molecule has 0 radical (unpaired) electrons. The highest BCUT2D eigenvalue weighted by Gasteiger charge is 2.05. The van der Waals surface area contributed by atoms with E-state index in [1.165, 1.54) is 21.6 Å². The molecule has 0 bridgehead atoms. The first kappa shape index (κ1) is 17.5. The smallest absolute Gasteiger partial charge is 0.185 e. The predicted octanol–water partition coefficient (Wildman–Crippen LogP) is 4.81. The van der Waals surface area contributed by atoms with Crippen LogP contribution in [0.1, 0.15) is 5.56 Å². The van der Waals surface area contributed by atoms with Gasteiger partial charge in [0, 0.05) is 16.3 Å². The fourth-order valence-corrected chi connectivity index (χ4v) is 3.61. The zero-order chi connectivity index (χ0) is 17.5. The Balaban J connectivity index is 1.75. The van der Waals surface area contributed by atoms with Crippen molar-refractivity contribution in [3.05, 3.63) is 84.4 Å². The zero-order valence-electron chi connectivity index (χ0n) is 13.6. The van der Waals surface area contributed by atoms with Gasteiger partial charge in [-0.05, 0) is 47.1 Å². The van der Waals surface area contributed by atoms with Crippen LogP contribution in [-0.4, -0.2) is 5.11 Å². The Labute approximate surface area is 157 Å². The van der Waals surface area contributed by atoms with Gasteiger partial charge in [0.05, 0.1) is 0 Å². The van der Waals surface area contributed by atoms with Crippen molar-refractivity contribution in [2.75, 3.05) is 5.32 Å². The molecule has 3 rings (SSSR count). The van der Waals surface area contributed by atoms with Gasteiger partial charge in [-0.15, -0.1) is 11.8 Å². The highest BCUT2D eigenvalue weighted by atomic mass is 32.2. The zero-order valence-corrected chi connectivity index (χ0v) is 15.2. The van der Waals surface area contributed by atoms with Crippen LogP contribution < -0.4 is 16.6 Å². The topological polar surface area (TPSA) is 50.1 Å². The van der Waals surface area contributed by atoms with Gasteiger partial charge in [-0.2, -0.15) is 0 Å². The van der Waals surface area contributed by atoms with E-state index in [9.17, 15) is 0 Å². The normalized spacial score (nSPS) is 10.3. The highest BCUT2D eigenvalue weighted by Crippen LogP contribution is 2.30. The number of nitrogens with one attached hydrogen (secondary N) is 2. The number of hydrazine groups is 1. The van der Waals surface area contributed by atoms with Gasteiger partial charge in [-0.3, -0.25) is 0 Å². The Hall–Kier alpha value is -2.34. The Bertz CT molecular complexity index is 850. The van der Waals surface area contributed by atoms with E-state index in [4.69, 9.17) is 18.1 Å². The second-order valence-electron chi connectivity index (χ2n) is 5.44. The molecule has 5 heteroatoms. The van der Waals surface area contributed by atoms with Crippen LogP contribution in [0.25, 0.3) is 11.1 Å². The molecule has 0 atom stereocenters. The molecule has 0 unspecified atom stereocenters. The van der Waals surface area contributed by atoms with Crippen molar-refractivity contribution in [2.24, 2.45) is 5.84 Å². The number of benzene rings is 3. The first-order valence-corrected chi connectivity index (χ1v) is 9.29. The van der Waals surface area contributed by atoms with E-state index in [1.807, 2.05) is 18.2 Å². The van der Waals surface area contributed by atoms with Gasteiger partial charge >= 0.3 is 0 Å². The highest BCUT2D eigenvalue weighted by molar-refractivity contribution is 7.98. The van der Waals surface area contributed by atoms with Crippen LogP contribution in [0.2, 0.25) is 0 Å². The molecule has 0 heterocycles. The number of hydrogen-bond donors (Lipinski definition) is 3. The minimum Gasteiger partial charge on any atom is -0.332 e.